The summed E-state index contributed by atoms with van der Waals surface area (Å²) in [5.41, 5.74) is 0. The van der Waals surface area contributed by atoms with Gasteiger partial charge in [-0.25, -0.2) is 0 Å². The molecule has 0 saturated carbocycles. The molecule has 3 heterocycles. The Balaban J connectivity index is 1.92. The van der Waals surface area contributed by atoms with Crippen molar-refractivity contribution >= 4 is 40.3 Å². The molecule has 0 bridgehead atoms. The van der Waals surface area contributed by atoms with Gasteiger partial charge in [0, 0.05) is 19.5 Å². The molecular formula is C14H10O2S3. The van der Waals surface area contributed by atoms with Crippen molar-refractivity contribution in [2.75, 3.05) is 7.11 Å². The third-order valence-electron chi connectivity index (χ3n) is 2.62. The summed E-state index contributed by atoms with van der Waals surface area (Å²) in [6, 6.07) is 12.1. The molecule has 0 spiro atoms. The van der Waals surface area contributed by atoms with Crippen molar-refractivity contribution in [1.29, 1.82) is 0 Å². The van der Waals surface area contributed by atoms with E-state index in [4.69, 9.17) is 4.74 Å². The second-order valence-electron chi connectivity index (χ2n) is 3.81. The first-order chi connectivity index (χ1) is 9.30. The highest BCUT2D eigenvalue weighted by Crippen LogP contribution is 2.41. The van der Waals surface area contributed by atoms with Gasteiger partial charge in [-0.3, -0.25) is 4.79 Å². The summed E-state index contributed by atoms with van der Waals surface area (Å²) in [4.78, 5) is 16.3. The summed E-state index contributed by atoms with van der Waals surface area (Å²) < 4.78 is 5.21. The maximum absolute atomic E-state index is 10.7. The Morgan fingerprint density at radius 1 is 0.842 bits per heavy atom. The van der Waals surface area contributed by atoms with E-state index in [2.05, 4.69) is 18.2 Å². The molecule has 0 amide bonds. The van der Waals surface area contributed by atoms with Crippen LogP contribution in [0, 0.1) is 0 Å². The number of thiophene rings is 3. The van der Waals surface area contributed by atoms with E-state index >= 15 is 0 Å². The van der Waals surface area contributed by atoms with Gasteiger partial charge >= 0.3 is 0 Å². The van der Waals surface area contributed by atoms with E-state index in [0.717, 1.165) is 21.1 Å². The smallest absolute Gasteiger partial charge is 0.173 e. The molecule has 0 radical (unpaired) electrons. The second-order valence-corrected chi connectivity index (χ2v) is 7.05. The molecule has 19 heavy (non-hydrogen) atoms. The maximum Gasteiger partial charge on any atom is 0.173 e. The standard InChI is InChI=1S/C14H10O2S3/c1-16-14-7-6-13(19-14)12-5-4-11(18-12)10-3-2-9(8-15)17-10/h2-8H,1H3. The van der Waals surface area contributed by atoms with Crippen LogP contribution in [0.1, 0.15) is 9.67 Å². The van der Waals surface area contributed by atoms with Gasteiger partial charge in [-0.15, -0.1) is 22.7 Å². The van der Waals surface area contributed by atoms with Crippen molar-refractivity contribution in [1.82, 2.24) is 0 Å². The third kappa shape index (κ3) is 2.49. The first-order valence-corrected chi connectivity index (χ1v) is 8.04. The number of methoxy groups -OCH3 is 1. The van der Waals surface area contributed by atoms with Crippen LogP contribution in [0.2, 0.25) is 0 Å². The SMILES string of the molecule is COc1ccc(-c2ccc(-c3ccc(C=O)s3)s2)s1. The first-order valence-electron chi connectivity index (χ1n) is 5.59. The highest BCUT2D eigenvalue weighted by atomic mass is 32.1. The van der Waals surface area contributed by atoms with Crippen LogP contribution in [0.15, 0.2) is 36.4 Å². The fourth-order valence-electron chi connectivity index (χ4n) is 1.71. The number of aldehydes is 1. The number of carbonyl (C=O) groups is 1. The lowest BCUT2D eigenvalue weighted by molar-refractivity contribution is 0.112. The second kappa shape index (κ2) is 5.28. The van der Waals surface area contributed by atoms with E-state index in [1.54, 1.807) is 29.8 Å². The van der Waals surface area contributed by atoms with Gasteiger partial charge in [0.05, 0.1) is 12.0 Å². The topological polar surface area (TPSA) is 26.3 Å². The van der Waals surface area contributed by atoms with Crippen LogP contribution < -0.4 is 4.74 Å². The summed E-state index contributed by atoms with van der Waals surface area (Å²) in [7, 11) is 1.68. The molecule has 3 aromatic heterocycles. The van der Waals surface area contributed by atoms with E-state index in [0.29, 0.717) is 0 Å². The molecule has 3 rings (SSSR count). The largest absolute Gasteiger partial charge is 0.487 e. The normalized spacial score (nSPS) is 10.6. The fraction of sp³-hybridized carbons (Fsp3) is 0.0714. The highest BCUT2D eigenvalue weighted by molar-refractivity contribution is 7.27. The Morgan fingerprint density at radius 2 is 1.42 bits per heavy atom. The van der Waals surface area contributed by atoms with Crippen molar-refractivity contribution in [3.8, 4) is 24.6 Å². The summed E-state index contributed by atoms with van der Waals surface area (Å²) in [5, 5.41) is 0.921. The molecule has 0 aliphatic rings. The van der Waals surface area contributed by atoms with Crippen molar-refractivity contribution in [2.24, 2.45) is 0 Å². The zero-order valence-corrected chi connectivity index (χ0v) is 12.5. The lowest BCUT2D eigenvalue weighted by Gasteiger charge is -1.91. The van der Waals surface area contributed by atoms with Gasteiger partial charge in [0.2, 0.25) is 0 Å². The minimum absolute atomic E-state index is 0.766. The fourth-order valence-corrected chi connectivity index (χ4v) is 4.54. The quantitative estimate of drug-likeness (QED) is 0.632. The van der Waals surface area contributed by atoms with Crippen molar-refractivity contribution < 1.29 is 9.53 Å². The molecule has 0 saturated heterocycles. The van der Waals surface area contributed by atoms with Gasteiger partial charge in [0.25, 0.3) is 0 Å². The van der Waals surface area contributed by atoms with E-state index in [9.17, 15) is 4.79 Å². The average molecular weight is 306 g/mol. The third-order valence-corrected chi connectivity index (χ3v) is 6.15. The Labute approximate surface area is 122 Å². The molecule has 3 aromatic rings. The molecule has 96 valence electrons. The molecule has 0 aliphatic carbocycles. The van der Waals surface area contributed by atoms with Crippen LogP contribution in [0.3, 0.4) is 0 Å². The molecule has 0 N–H and O–H groups in total. The van der Waals surface area contributed by atoms with Gasteiger partial charge in [-0.05, 0) is 36.4 Å². The number of ether oxygens (including phenoxy) is 1. The Morgan fingerprint density at radius 3 is 2.00 bits per heavy atom. The Kier molecular flexibility index (Phi) is 3.50. The summed E-state index contributed by atoms with van der Waals surface area (Å²) in [6.07, 6.45) is 0.896. The van der Waals surface area contributed by atoms with Crippen LogP contribution in [-0.4, -0.2) is 13.4 Å². The van der Waals surface area contributed by atoms with E-state index in [1.807, 2.05) is 18.2 Å². The van der Waals surface area contributed by atoms with Crippen molar-refractivity contribution in [3.05, 3.63) is 41.3 Å². The van der Waals surface area contributed by atoms with Gasteiger partial charge in [0.15, 0.2) is 11.3 Å². The molecular weight excluding hydrogens is 296 g/mol. The van der Waals surface area contributed by atoms with Crippen LogP contribution >= 0.6 is 34.0 Å². The predicted molar refractivity (Wildman–Crippen MR) is 82.9 cm³/mol. The van der Waals surface area contributed by atoms with E-state index in [1.165, 1.54) is 26.0 Å². The zero-order chi connectivity index (χ0) is 13.2. The molecule has 0 fully saturated rings. The lowest BCUT2D eigenvalue weighted by atomic mass is 10.3. The Hall–Kier alpha value is -1.43. The molecule has 2 nitrogen and oxygen atoms in total. The van der Waals surface area contributed by atoms with Crippen LogP contribution in [0.5, 0.6) is 5.06 Å². The molecule has 0 aromatic carbocycles. The zero-order valence-electron chi connectivity index (χ0n) is 10.1. The number of carbonyl (C=O) groups excluding carboxylic acids is 1. The van der Waals surface area contributed by atoms with Crippen molar-refractivity contribution in [3.63, 3.8) is 0 Å². The van der Waals surface area contributed by atoms with Crippen LogP contribution in [0.4, 0.5) is 0 Å². The minimum Gasteiger partial charge on any atom is -0.487 e. The summed E-state index contributed by atoms with van der Waals surface area (Å²) >= 11 is 4.90. The molecule has 5 heteroatoms. The number of rotatable bonds is 4. The van der Waals surface area contributed by atoms with Gasteiger partial charge in [-0.2, -0.15) is 0 Å². The monoisotopic (exact) mass is 306 g/mol. The van der Waals surface area contributed by atoms with E-state index < -0.39 is 0 Å². The van der Waals surface area contributed by atoms with Gasteiger partial charge < -0.3 is 4.74 Å². The van der Waals surface area contributed by atoms with Crippen LogP contribution in [0.25, 0.3) is 19.5 Å². The maximum atomic E-state index is 10.7. The number of hydrogen-bond donors (Lipinski definition) is 0. The van der Waals surface area contributed by atoms with Crippen molar-refractivity contribution in [2.45, 2.75) is 0 Å². The Bertz CT molecular complexity index is 706. The van der Waals surface area contributed by atoms with E-state index in [-0.39, 0.29) is 0 Å². The lowest BCUT2D eigenvalue weighted by Crippen LogP contribution is -1.73. The van der Waals surface area contributed by atoms with Gasteiger partial charge in [0.1, 0.15) is 0 Å². The average Bonchev–Trinajstić information content (AvgIpc) is 3.16. The van der Waals surface area contributed by atoms with Gasteiger partial charge in [-0.1, -0.05) is 11.3 Å². The predicted octanol–water partition coefficient (Wildman–Crippen LogP) is 5.03. The summed E-state index contributed by atoms with van der Waals surface area (Å²) in [6.45, 7) is 0. The molecule has 0 aliphatic heterocycles. The van der Waals surface area contributed by atoms with Crippen LogP contribution in [-0.2, 0) is 0 Å². The number of hydrogen-bond acceptors (Lipinski definition) is 5. The minimum atomic E-state index is 0.766. The first kappa shape index (κ1) is 12.6. The molecule has 0 unspecified atom stereocenters. The summed E-state index contributed by atoms with van der Waals surface area (Å²) in [5.74, 6) is 0. The molecule has 0 atom stereocenters. The highest BCUT2D eigenvalue weighted by Gasteiger charge is 2.09.